The van der Waals surface area contributed by atoms with E-state index in [9.17, 15) is 9.59 Å². The summed E-state index contributed by atoms with van der Waals surface area (Å²) in [5.74, 6) is -0.654. The first-order valence-electron chi connectivity index (χ1n) is 10.3. The van der Waals surface area contributed by atoms with E-state index in [0.29, 0.717) is 5.56 Å². The van der Waals surface area contributed by atoms with E-state index in [0.717, 1.165) is 38.7 Å². The number of benzene rings is 1. The number of nitrogens with zero attached hydrogens (tertiary/aromatic N) is 1. The average Bonchev–Trinajstić information content (AvgIpc) is 3.08. The molecular weight excluding hydrogens is 406 g/mol. The Morgan fingerprint density at radius 3 is 2.55 bits per heavy atom. The number of ether oxygens (including phenoxy) is 1. The Kier molecular flexibility index (Phi) is 6.17. The van der Waals surface area contributed by atoms with E-state index in [-0.39, 0.29) is 12.0 Å². The molecule has 31 heavy (non-hydrogen) atoms. The fourth-order valence-corrected chi connectivity index (χ4v) is 4.94. The highest BCUT2D eigenvalue weighted by molar-refractivity contribution is 6.89. The van der Waals surface area contributed by atoms with Crippen LogP contribution in [0.15, 0.2) is 43.1 Å². The SMILES string of the molecule is C=CC(=O)Nc1cc(-c2c([Si](C)(C)C)[nH]c3ncc(C(=O)OC(C)C)cc23)ccc1C. The second-order valence-electron chi connectivity index (χ2n) is 8.92. The third kappa shape index (κ3) is 4.77. The number of hydrogen-bond donors (Lipinski definition) is 2. The van der Waals surface area contributed by atoms with Crippen molar-refractivity contribution in [2.45, 2.75) is 46.5 Å². The van der Waals surface area contributed by atoms with Crippen LogP contribution < -0.4 is 10.6 Å². The van der Waals surface area contributed by atoms with Crippen molar-refractivity contribution < 1.29 is 14.3 Å². The zero-order valence-electron chi connectivity index (χ0n) is 18.9. The Bertz CT molecular complexity index is 1170. The molecule has 0 aliphatic carbocycles. The number of fused-ring (bicyclic) bond motifs is 1. The lowest BCUT2D eigenvalue weighted by Gasteiger charge is -2.18. The molecule has 0 radical (unpaired) electrons. The molecule has 1 amide bonds. The Morgan fingerprint density at radius 2 is 1.94 bits per heavy atom. The molecule has 7 heteroatoms. The maximum Gasteiger partial charge on any atom is 0.339 e. The van der Waals surface area contributed by atoms with Crippen LogP contribution in [-0.4, -0.2) is 36.0 Å². The standard InChI is InChI=1S/C24H29N3O3Si/c1-8-20(28)26-19-12-16(10-9-15(19)4)21-18-11-17(24(29)30-14(2)3)13-25-22(18)27-23(21)31(5,6)7/h8-14H,1H2,2-7H3,(H,25,27)(H,26,28). The van der Waals surface area contributed by atoms with E-state index < -0.39 is 14.0 Å². The van der Waals surface area contributed by atoms with Crippen LogP contribution in [-0.2, 0) is 9.53 Å². The molecule has 0 aliphatic rings. The Morgan fingerprint density at radius 1 is 1.23 bits per heavy atom. The van der Waals surface area contributed by atoms with Gasteiger partial charge in [-0.25, -0.2) is 9.78 Å². The molecular formula is C24H29N3O3Si. The molecule has 0 spiro atoms. The van der Waals surface area contributed by atoms with Gasteiger partial charge in [-0.1, -0.05) is 38.4 Å². The lowest BCUT2D eigenvalue weighted by Crippen LogP contribution is -2.39. The number of rotatable bonds is 6. The molecule has 0 aliphatic heterocycles. The maximum atomic E-state index is 12.5. The van der Waals surface area contributed by atoms with Gasteiger partial charge in [0.2, 0.25) is 5.91 Å². The van der Waals surface area contributed by atoms with Gasteiger partial charge in [0.15, 0.2) is 0 Å². The van der Waals surface area contributed by atoms with E-state index in [4.69, 9.17) is 4.74 Å². The number of pyridine rings is 1. The predicted octanol–water partition coefficient (Wildman–Crippen LogP) is 4.77. The second-order valence-corrected chi connectivity index (χ2v) is 13.9. The van der Waals surface area contributed by atoms with Gasteiger partial charge >= 0.3 is 5.97 Å². The maximum absolute atomic E-state index is 12.5. The van der Waals surface area contributed by atoms with Gasteiger partial charge < -0.3 is 15.0 Å². The highest BCUT2D eigenvalue weighted by Gasteiger charge is 2.27. The number of esters is 1. The third-order valence-electron chi connectivity index (χ3n) is 4.95. The number of aromatic nitrogens is 2. The quantitative estimate of drug-likeness (QED) is 0.332. The minimum Gasteiger partial charge on any atom is -0.459 e. The van der Waals surface area contributed by atoms with Crippen molar-refractivity contribution in [2.24, 2.45) is 0 Å². The van der Waals surface area contributed by atoms with Crippen molar-refractivity contribution in [1.29, 1.82) is 0 Å². The van der Waals surface area contributed by atoms with Crippen molar-refractivity contribution in [3.8, 4) is 11.1 Å². The molecule has 0 bridgehead atoms. The molecule has 162 valence electrons. The van der Waals surface area contributed by atoms with Gasteiger partial charge in [0.05, 0.1) is 19.7 Å². The first-order chi connectivity index (χ1) is 14.5. The minimum atomic E-state index is -1.80. The Balaban J connectivity index is 2.24. The average molecular weight is 436 g/mol. The summed E-state index contributed by atoms with van der Waals surface area (Å²) in [7, 11) is -1.80. The number of nitrogens with one attached hydrogen (secondary N) is 2. The van der Waals surface area contributed by atoms with Crippen LogP contribution in [0.4, 0.5) is 5.69 Å². The van der Waals surface area contributed by atoms with Gasteiger partial charge in [0.25, 0.3) is 0 Å². The number of aryl methyl sites for hydroxylation is 1. The number of amides is 1. The number of hydrogen-bond acceptors (Lipinski definition) is 4. The molecule has 0 atom stereocenters. The van der Waals surface area contributed by atoms with Crippen molar-refractivity contribution >= 4 is 42.0 Å². The largest absolute Gasteiger partial charge is 0.459 e. The van der Waals surface area contributed by atoms with E-state index >= 15 is 0 Å². The molecule has 0 fully saturated rings. The predicted molar refractivity (Wildman–Crippen MR) is 129 cm³/mol. The molecule has 0 saturated heterocycles. The molecule has 2 heterocycles. The van der Waals surface area contributed by atoms with Crippen molar-refractivity contribution in [3.63, 3.8) is 0 Å². The van der Waals surface area contributed by atoms with E-state index in [1.54, 1.807) is 6.20 Å². The normalized spacial score (nSPS) is 11.6. The molecule has 0 saturated carbocycles. The number of carbonyl (C=O) groups is 2. The van der Waals surface area contributed by atoms with Crippen LogP contribution in [0.5, 0.6) is 0 Å². The Hall–Kier alpha value is -3.19. The summed E-state index contributed by atoms with van der Waals surface area (Å²) >= 11 is 0. The van der Waals surface area contributed by atoms with Gasteiger partial charge in [-0.3, -0.25) is 4.79 Å². The number of carbonyl (C=O) groups excluding carboxylic acids is 2. The van der Waals surface area contributed by atoms with Crippen molar-refractivity contribution in [2.75, 3.05) is 5.32 Å². The summed E-state index contributed by atoms with van der Waals surface area (Å²) in [5, 5.41) is 4.87. The summed E-state index contributed by atoms with van der Waals surface area (Å²) in [6.45, 7) is 15.9. The Labute approximate surface area is 183 Å². The molecule has 2 N–H and O–H groups in total. The summed E-state index contributed by atoms with van der Waals surface area (Å²) in [5.41, 5.74) is 4.77. The smallest absolute Gasteiger partial charge is 0.339 e. The third-order valence-corrected chi connectivity index (χ3v) is 6.82. The van der Waals surface area contributed by atoms with Crippen LogP contribution in [0.1, 0.15) is 29.8 Å². The van der Waals surface area contributed by atoms with Gasteiger partial charge in [-0.15, -0.1) is 0 Å². The fourth-order valence-electron chi connectivity index (χ4n) is 3.42. The van der Waals surface area contributed by atoms with Gasteiger partial charge in [0.1, 0.15) is 5.65 Å². The van der Waals surface area contributed by atoms with Crippen molar-refractivity contribution in [1.82, 2.24) is 9.97 Å². The first-order valence-corrected chi connectivity index (χ1v) is 13.8. The number of anilines is 1. The molecule has 0 unspecified atom stereocenters. The zero-order valence-corrected chi connectivity index (χ0v) is 19.9. The van der Waals surface area contributed by atoms with Crippen LogP contribution in [0.25, 0.3) is 22.2 Å². The van der Waals surface area contributed by atoms with E-state index in [2.05, 4.69) is 41.5 Å². The number of aromatic amines is 1. The fraction of sp³-hybridized carbons (Fsp3) is 0.292. The molecule has 1 aromatic carbocycles. The summed E-state index contributed by atoms with van der Waals surface area (Å²) in [4.78, 5) is 32.4. The highest BCUT2D eigenvalue weighted by atomic mass is 28.3. The lowest BCUT2D eigenvalue weighted by atomic mass is 10.0. The van der Waals surface area contributed by atoms with Crippen LogP contribution in [0.2, 0.25) is 19.6 Å². The summed E-state index contributed by atoms with van der Waals surface area (Å²) in [6.07, 6.45) is 2.59. The summed E-state index contributed by atoms with van der Waals surface area (Å²) in [6, 6.07) is 7.81. The summed E-state index contributed by atoms with van der Waals surface area (Å²) < 4.78 is 5.36. The molecule has 3 aromatic rings. The lowest BCUT2D eigenvalue weighted by molar-refractivity contribution is -0.111. The molecule has 3 rings (SSSR count). The molecule has 6 nitrogen and oxygen atoms in total. The minimum absolute atomic E-state index is 0.209. The number of H-pyrrole nitrogens is 1. The van der Waals surface area contributed by atoms with Crippen molar-refractivity contribution in [3.05, 3.63) is 54.2 Å². The monoisotopic (exact) mass is 435 g/mol. The van der Waals surface area contributed by atoms with Gasteiger partial charge in [-0.05, 0) is 50.1 Å². The van der Waals surface area contributed by atoms with E-state index in [1.165, 1.54) is 6.08 Å². The molecule has 2 aromatic heterocycles. The van der Waals surface area contributed by atoms with Crippen LogP contribution >= 0.6 is 0 Å². The van der Waals surface area contributed by atoms with E-state index in [1.807, 2.05) is 45.0 Å². The van der Waals surface area contributed by atoms with Gasteiger partial charge in [0, 0.05) is 28.2 Å². The topological polar surface area (TPSA) is 84.1 Å². The van der Waals surface area contributed by atoms with Crippen LogP contribution in [0, 0.1) is 6.92 Å². The van der Waals surface area contributed by atoms with Gasteiger partial charge in [-0.2, -0.15) is 0 Å². The zero-order chi connectivity index (χ0) is 22.9. The highest BCUT2D eigenvalue weighted by Crippen LogP contribution is 2.32. The van der Waals surface area contributed by atoms with Crippen LogP contribution in [0.3, 0.4) is 0 Å². The first kappa shape index (κ1) is 22.5. The second kappa shape index (κ2) is 8.51.